The van der Waals surface area contributed by atoms with Crippen LogP contribution >= 0.6 is 11.3 Å². The van der Waals surface area contributed by atoms with Crippen LogP contribution in [0.1, 0.15) is 17.7 Å². The molecule has 1 amide bonds. The largest absolute Gasteiger partial charge is 0.344 e. The second-order valence-electron chi connectivity index (χ2n) is 4.21. The lowest BCUT2D eigenvalue weighted by atomic mass is 10.2. The van der Waals surface area contributed by atoms with Crippen molar-refractivity contribution in [3.63, 3.8) is 0 Å². The Bertz CT molecular complexity index is 343. The van der Waals surface area contributed by atoms with E-state index < -0.39 is 5.54 Å². The normalized spacial score (nSPS) is 17.5. The third kappa shape index (κ3) is 2.38. The zero-order chi connectivity index (χ0) is 10.9. The van der Waals surface area contributed by atoms with Crippen LogP contribution in [0.15, 0.2) is 17.5 Å². The van der Waals surface area contributed by atoms with Gasteiger partial charge in [0, 0.05) is 18.5 Å². The Hall–Kier alpha value is -0.870. The van der Waals surface area contributed by atoms with Gasteiger partial charge in [0.05, 0.1) is 5.54 Å². The van der Waals surface area contributed by atoms with Crippen molar-refractivity contribution in [1.82, 2.24) is 4.90 Å². The minimum absolute atomic E-state index is 0.0963. The predicted octanol–water partition coefficient (Wildman–Crippen LogP) is 1.24. The van der Waals surface area contributed by atoms with Crippen molar-refractivity contribution in [2.24, 2.45) is 5.73 Å². The van der Waals surface area contributed by atoms with Crippen molar-refractivity contribution >= 4 is 17.2 Å². The molecular formula is C11H16N2OS. The van der Waals surface area contributed by atoms with Crippen molar-refractivity contribution in [2.45, 2.75) is 24.8 Å². The first-order valence-electron chi connectivity index (χ1n) is 5.19. The van der Waals surface area contributed by atoms with Crippen LogP contribution in [-0.2, 0) is 11.2 Å². The minimum Gasteiger partial charge on any atom is -0.344 e. The fourth-order valence-corrected chi connectivity index (χ4v) is 2.26. The van der Waals surface area contributed by atoms with Crippen LogP contribution in [0.2, 0.25) is 0 Å². The van der Waals surface area contributed by atoms with E-state index in [-0.39, 0.29) is 5.91 Å². The average molecular weight is 224 g/mol. The maximum absolute atomic E-state index is 11.8. The van der Waals surface area contributed by atoms with Crippen LogP contribution in [-0.4, -0.2) is 29.9 Å². The summed E-state index contributed by atoms with van der Waals surface area (Å²) in [6.45, 7) is 0.762. The van der Waals surface area contributed by atoms with E-state index in [0.717, 1.165) is 25.8 Å². The summed E-state index contributed by atoms with van der Waals surface area (Å²) >= 11 is 1.73. The number of amides is 1. The number of hydrogen-bond donors (Lipinski definition) is 1. The molecule has 3 nitrogen and oxygen atoms in total. The van der Waals surface area contributed by atoms with Gasteiger partial charge in [-0.25, -0.2) is 0 Å². The van der Waals surface area contributed by atoms with E-state index >= 15 is 0 Å². The molecule has 0 saturated heterocycles. The van der Waals surface area contributed by atoms with E-state index in [2.05, 4.69) is 11.4 Å². The SMILES string of the molecule is CN(CCc1cccs1)C(=O)C1(N)CC1. The molecule has 1 aromatic rings. The molecule has 0 aromatic carbocycles. The van der Waals surface area contributed by atoms with Crippen molar-refractivity contribution in [2.75, 3.05) is 13.6 Å². The Morgan fingerprint density at radius 1 is 1.67 bits per heavy atom. The first-order chi connectivity index (χ1) is 7.12. The standard InChI is InChI=1S/C11H16N2OS/c1-13(10(14)11(12)5-6-11)7-4-9-3-2-8-15-9/h2-3,8H,4-7,12H2,1H3. The lowest BCUT2D eigenvalue weighted by Crippen LogP contribution is -2.44. The summed E-state index contributed by atoms with van der Waals surface area (Å²) in [5, 5.41) is 2.06. The molecule has 0 unspecified atom stereocenters. The molecule has 0 bridgehead atoms. The molecule has 1 aliphatic rings. The Kier molecular flexibility index (Phi) is 2.80. The van der Waals surface area contributed by atoms with Gasteiger partial charge < -0.3 is 10.6 Å². The Labute approximate surface area is 93.9 Å². The van der Waals surface area contributed by atoms with Crippen LogP contribution in [0, 0.1) is 0 Å². The molecule has 0 spiro atoms. The maximum atomic E-state index is 11.8. The first kappa shape index (κ1) is 10.6. The predicted molar refractivity (Wildman–Crippen MR) is 61.8 cm³/mol. The molecule has 2 N–H and O–H groups in total. The van der Waals surface area contributed by atoms with Gasteiger partial charge in [0.15, 0.2) is 0 Å². The molecule has 0 atom stereocenters. The van der Waals surface area contributed by atoms with Gasteiger partial charge in [0.1, 0.15) is 0 Å². The fraction of sp³-hybridized carbons (Fsp3) is 0.545. The molecule has 82 valence electrons. The summed E-state index contributed by atoms with van der Waals surface area (Å²) in [6, 6.07) is 4.13. The van der Waals surface area contributed by atoms with Crippen molar-refractivity contribution < 1.29 is 4.79 Å². The summed E-state index contributed by atoms with van der Waals surface area (Å²) in [4.78, 5) is 14.9. The van der Waals surface area contributed by atoms with Crippen LogP contribution in [0.3, 0.4) is 0 Å². The molecule has 15 heavy (non-hydrogen) atoms. The molecule has 1 saturated carbocycles. The minimum atomic E-state index is -0.524. The van der Waals surface area contributed by atoms with Crippen LogP contribution < -0.4 is 5.73 Å². The topological polar surface area (TPSA) is 46.3 Å². The zero-order valence-electron chi connectivity index (χ0n) is 8.90. The highest BCUT2D eigenvalue weighted by Gasteiger charge is 2.47. The van der Waals surface area contributed by atoms with Crippen molar-refractivity contribution in [1.29, 1.82) is 0 Å². The third-order valence-electron chi connectivity index (χ3n) is 2.84. The van der Waals surface area contributed by atoms with Gasteiger partial charge >= 0.3 is 0 Å². The number of nitrogens with zero attached hydrogens (tertiary/aromatic N) is 1. The summed E-state index contributed by atoms with van der Waals surface area (Å²) in [6.07, 6.45) is 2.61. The molecule has 1 aliphatic carbocycles. The second kappa shape index (κ2) is 3.94. The molecule has 1 fully saturated rings. The third-order valence-corrected chi connectivity index (χ3v) is 3.77. The second-order valence-corrected chi connectivity index (χ2v) is 5.24. The Balaban J connectivity index is 1.82. The highest BCUT2D eigenvalue weighted by Crippen LogP contribution is 2.33. The first-order valence-corrected chi connectivity index (χ1v) is 6.07. The monoisotopic (exact) mass is 224 g/mol. The van der Waals surface area contributed by atoms with Gasteiger partial charge in [0.25, 0.3) is 0 Å². The Morgan fingerprint density at radius 3 is 2.93 bits per heavy atom. The zero-order valence-corrected chi connectivity index (χ0v) is 9.72. The summed E-state index contributed by atoms with van der Waals surface area (Å²) in [5.41, 5.74) is 5.33. The van der Waals surface area contributed by atoms with Crippen LogP contribution in [0.4, 0.5) is 0 Å². The van der Waals surface area contributed by atoms with E-state index in [0.29, 0.717) is 0 Å². The van der Waals surface area contributed by atoms with Gasteiger partial charge in [-0.2, -0.15) is 0 Å². The molecule has 0 radical (unpaired) electrons. The van der Waals surface area contributed by atoms with Gasteiger partial charge in [-0.05, 0) is 30.7 Å². The van der Waals surface area contributed by atoms with Gasteiger partial charge in [-0.1, -0.05) is 6.07 Å². The number of rotatable bonds is 4. The number of likely N-dealkylation sites (N-methyl/N-ethyl adjacent to an activating group) is 1. The van der Waals surface area contributed by atoms with Gasteiger partial charge in [0.2, 0.25) is 5.91 Å². The smallest absolute Gasteiger partial charge is 0.242 e. The van der Waals surface area contributed by atoms with Crippen LogP contribution in [0.5, 0.6) is 0 Å². The van der Waals surface area contributed by atoms with Crippen molar-refractivity contribution in [3.8, 4) is 0 Å². The van der Waals surface area contributed by atoms with Crippen LogP contribution in [0.25, 0.3) is 0 Å². The average Bonchev–Trinajstić information content (AvgIpc) is 2.80. The quantitative estimate of drug-likeness (QED) is 0.836. The number of nitrogens with two attached hydrogens (primary N) is 1. The highest BCUT2D eigenvalue weighted by atomic mass is 32.1. The lowest BCUT2D eigenvalue weighted by molar-refractivity contribution is -0.132. The molecular weight excluding hydrogens is 208 g/mol. The summed E-state index contributed by atoms with van der Waals surface area (Å²) in [7, 11) is 1.84. The highest BCUT2D eigenvalue weighted by molar-refractivity contribution is 7.09. The van der Waals surface area contributed by atoms with E-state index in [9.17, 15) is 4.79 Å². The van der Waals surface area contributed by atoms with E-state index in [4.69, 9.17) is 5.73 Å². The molecule has 2 rings (SSSR count). The van der Waals surface area contributed by atoms with Gasteiger partial charge in [-0.15, -0.1) is 11.3 Å². The lowest BCUT2D eigenvalue weighted by Gasteiger charge is -2.20. The van der Waals surface area contributed by atoms with Gasteiger partial charge in [-0.3, -0.25) is 4.79 Å². The van der Waals surface area contributed by atoms with E-state index in [1.54, 1.807) is 16.2 Å². The molecule has 4 heteroatoms. The Morgan fingerprint density at radius 2 is 2.40 bits per heavy atom. The number of hydrogen-bond acceptors (Lipinski definition) is 3. The summed E-state index contributed by atoms with van der Waals surface area (Å²) < 4.78 is 0. The number of thiophene rings is 1. The number of carbonyl (C=O) groups excluding carboxylic acids is 1. The van der Waals surface area contributed by atoms with E-state index in [1.165, 1.54) is 4.88 Å². The maximum Gasteiger partial charge on any atom is 0.242 e. The molecule has 0 aliphatic heterocycles. The fourth-order valence-electron chi connectivity index (χ4n) is 1.56. The number of carbonyl (C=O) groups is 1. The molecule has 1 heterocycles. The van der Waals surface area contributed by atoms with Crippen molar-refractivity contribution in [3.05, 3.63) is 22.4 Å². The summed E-state index contributed by atoms with van der Waals surface area (Å²) in [5.74, 6) is 0.0963. The van der Waals surface area contributed by atoms with E-state index in [1.807, 2.05) is 13.1 Å². The molecule has 1 aromatic heterocycles.